The maximum absolute atomic E-state index is 9.55. The number of methoxy groups -OCH3 is 4. The second kappa shape index (κ2) is 19.8. The lowest BCUT2D eigenvalue weighted by Gasteiger charge is -2.16. The number of rotatable bonds is 10. The molecular formula is C16H34N2O8. The Bertz CT molecular complexity index is 329. The number of carboxylic acid groups (broad SMARTS) is 2. The van der Waals surface area contributed by atoms with E-state index >= 15 is 0 Å². The Morgan fingerprint density at radius 1 is 0.654 bits per heavy atom. The predicted molar refractivity (Wildman–Crippen MR) is 96.6 cm³/mol. The molecule has 0 aliphatic rings. The summed E-state index contributed by atoms with van der Waals surface area (Å²) in [6.07, 6.45) is 1.34. The molecule has 156 valence electrons. The van der Waals surface area contributed by atoms with Crippen molar-refractivity contribution < 1.29 is 38.7 Å². The molecular weight excluding hydrogens is 348 g/mol. The molecule has 0 bridgehead atoms. The molecule has 4 atom stereocenters. The molecule has 0 aromatic rings. The van der Waals surface area contributed by atoms with Crippen molar-refractivity contribution in [1.29, 1.82) is 0 Å². The fourth-order valence-electron chi connectivity index (χ4n) is 1.08. The number of nitrogens with one attached hydrogen (secondary N) is 2. The smallest absolute Gasteiger partial charge is 0.328 e. The van der Waals surface area contributed by atoms with Crippen molar-refractivity contribution in [2.45, 2.75) is 52.6 Å². The van der Waals surface area contributed by atoms with Crippen LogP contribution in [0.1, 0.15) is 27.7 Å². The molecule has 4 N–H and O–H groups in total. The lowest BCUT2D eigenvalue weighted by Crippen LogP contribution is -2.36. The third kappa shape index (κ3) is 27.3. The van der Waals surface area contributed by atoms with Gasteiger partial charge in [-0.25, -0.2) is 9.59 Å². The summed E-state index contributed by atoms with van der Waals surface area (Å²) in [5, 5.41) is 21.7. The van der Waals surface area contributed by atoms with Crippen molar-refractivity contribution in [3.8, 4) is 0 Å². The van der Waals surface area contributed by atoms with E-state index in [2.05, 4.69) is 10.6 Å². The van der Waals surface area contributed by atoms with Crippen LogP contribution in [0.25, 0.3) is 0 Å². The first-order chi connectivity index (χ1) is 12.0. The van der Waals surface area contributed by atoms with E-state index in [1.165, 1.54) is 0 Å². The SMILES string of the molecule is COC(C)NC(C)OC.COC(C)NC(C)OC.O=C(O)/C=C/C(=O)O. The van der Waals surface area contributed by atoms with Crippen LogP contribution in [0.2, 0.25) is 0 Å². The molecule has 0 rings (SSSR count). The Balaban J connectivity index is -0.000000306. The summed E-state index contributed by atoms with van der Waals surface area (Å²) in [5.74, 6) is -2.51. The second-order valence-electron chi connectivity index (χ2n) is 4.85. The van der Waals surface area contributed by atoms with E-state index < -0.39 is 11.9 Å². The zero-order valence-electron chi connectivity index (χ0n) is 16.8. The van der Waals surface area contributed by atoms with Gasteiger partial charge in [-0.1, -0.05) is 0 Å². The maximum Gasteiger partial charge on any atom is 0.328 e. The minimum Gasteiger partial charge on any atom is -0.478 e. The fraction of sp³-hybridized carbons (Fsp3) is 0.750. The predicted octanol–water partition coefficient (Wildman–Crippen LogP) is 0.833. The van der Waals surface area contributed by atoms with Crippen molar-refractivity contribution >= 4 is 11.9 Å². The van der Waals surface area contributed by atoms with Crippen molar-refractivity contribution in [3.05, 3.63) is 12.2 Å². The first-order valence-corrected chi connectivity index (χ1v) is 7.81. The van der Waals surface area contributed by atoms with Crippen LogP contribution < -0.4 is 10.6 Å². The normalized spacial score (nSPS) is 14.9. The van der Waals surface area contributed by atoms with Crippen LogP contribution >= 0.6 is 0 Å². The topological polar surface area (TPSA) is 136 Å². The van der Waals surface area contributed by atoms with Gasteiger partial charge < -0.3 is 29.2 Å². The Kier molecular flexibility index (Phi) is 22.2. The highest BCUT2D eigenvalue weighted by atomic mass is 16.5. The standard InChI is InChI=1S/2C6H15NO2.C4H4O4/c2*1-5(8-3)7-6(2)9-4;5-3(6)1-2-4(7)8/h2*5-7H,1-4H3;1-2H,(H,5,6)(H,7,8)/b;;2-1+. The minimum absolute atomic E-state index is 0.0555. The molecule has 0 aromatic heterocycles. The molecule has 0 heterocycles. The number of carboxylic acids is 2. The fourth-order valence-corrected chi connectivity index (χ4v) is 1.08. The van der Waals surface area contributed by atoms with Gasteiger partial charge in [0.15, 0.2) is 0 Å². The van der Waals surface area contributed by atoms with Crippen LogP contribution in [0, 0.1) is 0 Å². The van der Waals surface area contributed by atoms with Gasteiger partial charge in [0, 0.05) is 40.6 Å². The minimum atomic E-state index is -1.26. The summed E-state index contributed by atoms with van der Waals surface area (Å²) < 4.78 is 19.7. The Hall–Kier alpha value is -1.56. The molecule has 10 heteroatoms. The number of carbonyl (C=O) groups is 2. The highest BCUT2D eigenvalue weighted by Crippen LogP contribution is 1.87. The monoisotopic (exact) mass is 382 g/mol. The molecule has 0 saturated heterocycles. The largest absolute Gasteiger partial charge is 0.478 e. The summed E-state index contributed by atoms with van der Waals surface area (Å²) in [5.41, 5.74) is 0. The average molecular weight is 382 g/mol. The number of hydrogen-bond donors (Lipinski definition) is 4. The first-order valence-electron chi connectivity index (χ1n) is 7.81. The van der Waals surface area contributed by atoms with Crippen LogP contribution in [-0.4, -0.2) is 75.5 Å². The molecule has 0 fully saturated rings. The average Bonchev–Trinajstić information content (AvgIpc) is 2.60. The lowest BCUT2D eigenvalue weighted by atomic mass is 10.5. The van der Waals surface area contributed by atoms with E-state index in [4.69, 9.17) is 29.2 Å². The molecule has 0 radical (unpaired) electrons. The summed E-state index contributed by atoms with van der Waals surface area (Å²) in [4.78, 5) is 19.1. The van der Waals surface area contributed by atoms with Crippen LogP contribution in [0.4, 0.5) is 0 Å². The van der Waals surface area contributed by atoms with E-state index in [-0.39, 0.29) is 24.9 Å². The summed E-state index contributed by atoms with van der Waals surface area (Å²) in [6.45, 7) is 7.70. The van der Waals surface area contributed by atoms with Crippen molar-refractivity contribution in [2.75, 3.05) is 28.4 Å². The van der Waals surface area contributed by atoms with E-state index in [0.29, 0.717) is 12.2 Å². The van der Waals surface area contributed by atoms with Crippen LogP contribution in [-0.2, 0) is 28.5 Å². The van der Waals surface area contributed by atoms with Gasteiger partial charge in [-0.15, -0.1) is 0 Å². The van der Waals surface area contributed by atoms with Crippen LogP contribution in [0.15, 0.2) is 12.2 Å². The summed E-state index contributed by atoms with van der Waals surface area (Å²) in [7, 11) is 6.61. The van der Waals surface area contributed by atoms with Gasteiger partial charge in [0.25, 0.3) is 0 Å². The van der Waals surface area contributed by atoms with E-state index in [1.54, 1.807) is 28.4 Å². The van der Waals surface area contributed by atoms with Gasteiger partial charge in [0.1, 0.15) is 24.9 Å². The molecule has 0 aliphatic heterocycles. The second-order valence-corrected chi connectivity index (χ2v) is 4.85. The summed E-state index contributed by atoms with van der Waals surface area (Å²) >= 11 is 0. The highest BCUT2D eigenvalue weighted by Gasteiger charge is 2.02. The third-order valence-corrected chi connectivity index (χ3v) is 2.72. The van der Waals surface area contributed by atoms with Crippen molar-refractivity contribution in [2.24, 2.45) is 0 Å². The number of hydrogen-bond acceptors (Lipinski definition) is 8. The van der Waals surface area contributed by atoms with Crippen molar-refractivity contribution in [3.63, 3.8) is 0 Å². The molecule has 0 aliphatic carbocycles. The Morgan fingerprint density at radius 2 is 0.846 bits per heavy atom. The zero-order chi connectivity index (χ0) is 21.1. The van der Waals surface area contributed by atoms with E-state index in [0.717, 1.165) is 0 Å². The van der Waals surface area contributed by atoms with E-state index in [9.17, 15) is 9.59 Å². The number of aliphatic carboxylic acids is 2. The molecule has 26 heavy (non-hydrogen) atoms. The van der Waals surface area contributed by atoms with Crippen LogP contribution in [0.3, 0.4) is 0 Å². The molecule has 0 saturated carbocycles. The Morgan fingerprint density at radius 3 is 0.962 bits per heavy atom. The van der Waals surface area contributed by atoms with Crippen LogP contribution in [0.5, 0.6) is 0 Å². The third-order valence-electron chi connectivity index (χ3n) is 2.72. The van der Waals surface area contributed by atoms with E-state index in [1.807, 2.05) is 27.7 Å². The summed E-state index contributed by atoms with van der Waals surface area (Å²) in [6, 6.07) is 0. The molecule has 0 spiro atoms. The number of ether oxygens (including phenoxy) is 4. The molecule has 10 nitrogen and oxygen atoms in total. The van der Waals surface area contributed by atoms with Gasteiger partial charge in [0.05, 0.1) is 0 Å². The van der Waals surface area contributed by atoms with Gasteiger partial charge in [-0.05, 0) is 27.7 Å². The van der Waals surface area contributed by atoms with Gasteiger partial charge >= 0.3 is 11.9 Å². The zero-order valence-corrected chi connectivity index (χ0v) is 16.8. The Labute approximate surface area is 155 Å². The van der Waals surface area contributed by atoms with Gasteiger partial charge in [0.2, 0.25) is 0 Å². The molecule has 0 aromatic carbocycles. The van der Waals surface area contributed by atoms with Gasteiger partial charge in [-0.3, -0.25) is 10.6 Å². The maximum atomic E-state index is 9.55. The van der Waals surface area contributed by atoms with Gasteiger partial charge in [-0.2, -0.15) is 0 Å². The molecule has 4 unspecified atom stereocenters. The first kappa shape index (κ1) is 29.2. The molecule has 0 amide bonds. The lowest BCUT2D eigenvalue weighted by molar-refractivity contribution is -0.134. The quantitative estimate of drug-likeness (QED) is 0.318. The highest BCUT2D eigenvalue weighted by molar-refractivity contribution is 5.89. The van der Waals surface area contributed by atoms with Crippen molar-refractivity contribution in [1.82, 2.24) is 10.6 Å².